The van der Waals surface area contributed by atoms with Crippen LogP contribution in [0.25, 0.3) is 0 Å². The summed E-state index contributed by atoms with van der Waals surface area (Å²) in [5, 5.41) is 2.35. The number of benzene rings is 2. The van der Waals surface area contributed by atoms with Crippen LogP contribution in [0.4, 0.5) is 14.0 Å². The van der Waals surface area contributed by atoms with Gasteiger partial charge in [-0.3, -0.25) is 4.79 Å². The topological polar surface area (TPSA) is 88.6 Å². The Morgan fingerprint density at radius 3 is 2.27 bits per heavy atom. The van der Waals surface area contributed by atoms with Crippen molar-refractivity contribution in [1.29, 1.82) is 0 Å². The Kier molecular flexibility index (Phi) is 7.04. The molecule has 2 heterocycles. The van der Waals surface area contributed by atoms with Crippen molar-refractivity contribution in [3.8, 4) is 5.75 Å². The molecule has 9 nitrogen and oxygen atoms in total. The van der Waals surface area contributed by atoms with E-state index in [0.29, 0.717) is 37.6 Å². The molecule has 2 aliphatic rings. The molecule has 0 N–H and O–H groups in total. The lowest BCUT2D eigenvalue weighted by atomic mass is 10.1. The van der Waals surface area contributed by atoms with Gasteiger partial charge in [0.2, 0.25) is 5.91 Å². The number of amides is 3. The van der Waals surface area contributed by atoms with Crippen molar-refractivity contribution in [2.45, 2.75) is 12.5 Å². The number of hydrogen-bond acceptors (Lipinski definition) is 6. The zero-order valence-electron chi connectivity index (χ0n) is 17.9. The van der Waals surface area contributed by atoms with Crippen LogP contribution < -0.4 is 4.74 Å². The van der Waals surface area contributed by atoms with Crippen molar-refractivity contribution in [3.63, 3.8) is 0 Å². The standard InChI is InChI=1S/C23H24FN3O6/c24-18-8-6-17(7-9-18)14-21(28)26-15-20(33-22(29)25-10-12-31-13-11-25)16-27(26)23(30)32-19-4-2-1-3-5-19/h1-9,20H,10-16H2. The van der Waals surface area contributed by atoms with Gasteiger partial charge in [0.25, 0.3) is 0 Å². The summed E-state index contributed by atoms with van der Waals surface area (Å²) >= 11 is 0. The average molecular weight is 457 g/mol. The number of para-hydroxylation sites is 1. The maximum Gasteiger partial charge on any atom is 0.434 e. The lowest BCUT2D eigenvalue weighted by Crippen LogP contribution is -2.46. The minimum atomic E-state index is -0.765. The third-order valence-corrected chi connectivity index (χ3v) is 5.30. The number of morpholine rings is 1. The normalized spacial score (nSPS) is 18.2. The monoisotopic (exact) mass is 457 g/mol. The van der Waals surface area contributed by atoms with Crippen molar-refractivity contribution >= 4 is 18.1 Å². The van der Waals surface area contributed by atoms with Crippen LogP contribution in [0.3, 0.4) is 0 Å². The van der Waals surface area contributed by atoms with Gasteiger partial charge in [-0.2, -0.15) is 0 Å². The maximum absolute atomic E-state index is 13.2. The summed E-state index contributed by atoms with van der Waals surface area (Å²) in [4.78, 5) is 39.9. The second-order valence-electron chi connectivity index (χ2n) is 7.65. The second kappa shape index (κ2) is 10.3. The molecule has 0 aromatic heterocycles. The summed E-state index contributed by atoms with van der Waals surface area (Å²) in [6, 6.07) is 14.0. The molecule has 0 radical (unpaired) electrons. The van der Waals surface area contributed by atoms with E-state index in [1.165, 1.54) is 34.2 Å². The van der Waals surface area contributed by atoms with E-state index in [1.54, 1.807) is 30.3 Å². The van der Waals surface area contributed by atoms with E-state index in [0.717, 1.165) is 5.01 Å². The molecule has 174 valence electrons. The van der Waals surface area contributed by atoms with Gasteiger partial charge in [-0.25, -0.2) is 24.0 Å². The first-order chi connectivity index (χ1) is 16.0. The Labute approximate surface area is 190 Å². The highest BCUT2D eigenvalue weighted by molar-refractivity contribution is 5.82. The van der Waals surface area contributed by atoms with Crippen molar-refractivity contribution < 1.29 is 33.0 Å². The van der Waals surface area contributed by atoms with Crippen LogP contribution >= 0.6 is 0 Å². The van der Waals surface area contributed by atoms with Gasteiger partial charge in [0.05, 0.1) is 32.7 Å². The molecule has 2 aromatic rings. The SMILES string of the molecule is O=C(OC1CN(C(=O)Cc2ccc(F)cc2)N(C(=O)Oc2ccccc2)C1)N1CCOCC1. The van der Waals surface area contributed by atoms with Gasteiger partial charge < -0.3 is 19.1 Å². The molecule has 1 unspecified atom stereocenters. The third-order valence-electron chi connectivity index (χ3n) is 5.30. The Balaban J connectivity index is 1.46. The molecule has 2 aromatic carbocycles. The highest BCUT2D eigenvalue weighted by atomic mass is 19.1. The minimum Gasteiger partial charge on any atom is -0.442 e. The molecule has 33 heavy (non-hydrogen) atoms. The minimum absolute atomic E-state index is 0.00000228. The van der Waals surface area contributed by atoms with Crippen LogP contribution in [-0.4, -0.2) is 78.5 Å². The predicted octanol–water partition coefficient (Wildman–Crippen LogP) is 2.46. The van der Waals surface area contributed by atoms with E-state index in [2.05, 4.69) is 0 Å². The Morgan fingerprint density at radius 1 is 0.909 bits per heavy atom. The van der Waals surface area contributed by atoms with Crippen molar-refractivity contribution in [2.75, 3.05) is 39.4 Å². The smallest absolute Gasteiger partial charge is 0.434 e. The lowest BCUT2D eigenvalue weighted by Gasteiger charge is -2.27. The number of nitrogens with zero attached hydrogens (tertiary/aromatic N) is 3. The Bertz CT molecular complexity index is 981. The van der Waals surface area contributed by atoms with Crippen LogP contribution in [0.15, 0.2) is 54.6 Å². The van der Waals surface area contributed by atoms with Gasteiger partial charge in [-0.05, 0) is 29.8 Å². The summed E-state index contributed by atoms with van der Waals surface area (Å²) in [6.45, 7) is 1.66. The van der Waals surface area contributed by atoms with Crippen LogP contribution in [0.1, 0.15) is 5.56 Å². The molecule has 0 bridgehead atoms. The first-order valence-corrected chi connectivity index (χ1v) is 10.6. The van der Waals surface area contributed by atoms with Crippen molar-refractivity contribution in [1.82, 2.24) is 14.9 Å². The van der Waals surface area contributed by atoms with E-state index < -0.39 is 30.0 Å². The van der Waals surface area contributed by atoms with Crippen molar-refractivity contribution in [2.24, 2.45) is 0 Å². The van der Waals surface area contributed by atoms with Gasteiger partial charge in [-0.15, -0.1) is 0 Å². The molecule has 3 amide bonds. The second-order valence-corrected chi connectivity index (χ2v) is 7.65. The van der Waals surface area contributed by atoms with Crippen LogP contribution in [0.2, 0.25) is 0 Å². The maximum atomic E-state index is 13.2. The Hall–Kier alpha value is -3.66. The third kappa shape index (κ3) is 5.78. The molecule has 0 aliphatic carbocycles. The van der Waals surface area contributed by atoms with Crippen LogP contribution in [0.5, 0.6) is 5.75 Å². The van der Waals surface area contributed by atoms with E-state index in [1.807, 2.05) is 0 Å². The molecule has 0 saturated carbocycles. The highest BCUT2D eigenvalue weighted by Crippen LogP contribution is 2.20. The average Bonchev–Trinajstić information content (AvgIpc) is 3.26. The molecule has 1 atom stereocenters. The molecule has 0 spiro atoms. The van der Waals surface area contributed by atoms with E-state index in [4.69, 9.17) is 14.2 Å². The molecular weight excluding hydrogens is 433 g/mol. The number of halogens is 1. The van der Waals surface area contributed by atoms with Gasteiger partial charge in [-0.1, -0.05) is 30.3 Å². The van der Waals surface area contributed by atoms with Crippen LogP contribution in [0, 0.1) is 5.82 Å². The summed E-state index contributed by atoms with van der Waals surface area (Å²) in [6.07, 6.45) is -2.06. The first kappa shape index (κ1) is 22.5. The molecule has 2 fully saturated rings. The van der Waals surface area contributed by atoms with E-state index in [9.17, 15) is 18.8 Å². The molecule has 2 saturated heterocycles. The summed E-state index contributed by atoms with van der Waals surface area (Å²) in [7, 11) is 0. The summed E-state index contributed by atoms with van der Waals surface area (Å²) in [5.41, 5.74) is 0.589. The van der Waals surface area contributed by atoms with Crippen LogP contribution in [-0.2, 0) is 20.7 Å². The lowest BCUT2D eigenvalue weighted by molar-refractivity contribution is -0.140. The summed E-state index contributed by atoms with van der Waals surface area (Å²) in [5.74, 6) is -0.491. The zero-order chi connectivity index (χ0) is 23.2. The fourth-order valence-electron chi connectivity index (χ4n) is 3.60. The molecule has 10 heteroatoms. The van der Waals surface area contributed by atoms with E-state index in [-0.39, 0.29) is 19.5 Å². The zero-order valence-corrected chi connectivity index (χ0v) is 17.9. The first-order valence-electron chi connectivity index (χ1n) is 10.6. The fraction of sp³-hybridized carbons (Fsp3) is 0.348. The number of hydrogen-bond donors (Lipinski definition) is 0. The van der Waals surface area contributed by atoms with Gasteiger partial charge in [0.1, 0.15) is 17.7 Å². The summed E-state index contributed by atoms with van der Waals surface area (Å²) < 4.78 is 29.4. The van der Waals surface area contributed by atoms with E-state index >= 15 is 0 Å². The van der Waals surface area contributed by atoms with Gasteiger partial charge in [0.15, 0.2) is 0 Å². The quantitative estimate of drug-likeness (QED) is 0.701. The number of carbonyl (C=O) groups is 3. The predicted molar refractivity (Wildman–Crippen MR) is 114 cm³/mol. The number of rotatable bonds is 4. The van der Waals surface area contributed by atoms with Crippen molar-refractivity contribution in [3.05, 3.63) is 66.0 Å². The highest BCUT2D eigenvalue weighted by Gasteiger charge is 2.40. The molecule has 4 rings (SSSR count). The largest absolute Gasteiger partial charge is 0.442 e. The number of ether oxygens (including phenoxy) is 3. The molecule has 2 aliphatic heterocycles. The number of hydrazine groups is 1. The Morgan fingerprint density at radius 2 is 1.58 bits per heavy atom. The number of carbonyl (C=O) groups excluding carboxylic acids is 3. The molecular formula is C23H24FN3O6. The fourth-order valence-corrected chi connectivity index (χ4v) is 3.60. The van der Waals surface area contributed by atoms with Gasteiger partial charge in [0, 0.05) is 13.1 Å². The van der Waals surface area contributed by atoms with Gasteiger partial charge >= 0.3 is 12.2 Å².